The third kappa shape index (κ3) is 5.25. The fraction of sp³-hybridized carbons (Fsp3) is 0.357. The number of aryl methyl sites for hydroxylation is 1. The molecule has 0 saturated carbocycles. The van der Waals surface area contributed by atoms with Crippen LogP contribution >= 0.6 is 0 Å². The van der Waals surface area contributed by atoms with Gasteiger partial charge in [0.15, 0.2) is 10.1 Å². The zero-order valence-corrected chi connectivity index (χ0v) is 16.5. The molecule has 2 aromatic rings. The van der Waals surface area contributed by atoms with E-state index in [0.29, 0.717) is 6.54 Å². The summed E-state index contributed by atoms with van der Waals surface area (Å²) in [5.74, 6) is 4.26. The van der Waals surface area contributed by atoms with Crippen molar-refractivity contribution in [3.05, 3.63) is 15.8 Å². The Morgan fingerprint density at radius 2 is 1.76 bits per heavy atom. The number of methoxy groups -OCH3 is 2. The smallest absolute Gasteiger partial charge is 0.485 e. The Labute approximate surface area is 152 Å². The van der Waals surface area contributed by atoms with E-state index in [0.717, 1.165) is 11.5 Å². The topological polar surface area (TPSA) is 79.5 Å². The van der Waals surface area contributed by atoms with Crippen molar-refractivity contribution in [3.8, 4) is 23.8 Å². The average molecular weight is 493 g/mol. The molecule has 0 bridgehead atoms. The fourth-order valence-corrected chi connectivity index (χ4v) is 4.76. The van der Waals surface area contributed by atoms with Gasteiger partial charge in [-0.15, -0.1) is 0 Å². The summed E-state index contributed by atoms with van der Waals surface area (Å²) in [7, 11) is -2.78. The van der Waals surface area contributed by atoms with Gasteiger partial charge in [-0.2, -0.15) is 13.2 Å². The van der Waals surface area contributed by atoms with E-state index < -0.39 is 15.6 Å². The number of ether oxygens (including phenoxy) is 2. The maximum absolute atomic E-state index is 10.7. The number of benzene rings is 1. The molecule has 0 spiro atoms. The summed E-state index contributed by atoms with van der Waals surface area (Å²) < 4.78 is 74.5. The first-order valence-electron chi connectivity index (χ1n) is 6.46. The van der Waals surface area contributed by atoms with E-state index in [9.17, 15) is 13.2 Å². The van der Waals surface area contributed by atoms with Crippen molar-refractivity contribution in [3.63, 3.8) is 0 Å². The van der Waals surface area contributed by atoms with Gasteiger partial charge in [0.2, 0.25) is 0 Å². The van der Waals surface area contributed by atoms with E-state index in [1.54, 1.807) is 14.2 Å². The van der Waals surface area contributed by atoms with Crippen LogP contribution in [0.25, 0.3) is 8.92 Å². The number of alkyl halides is 3. The second-order valence-corrected chi connectivity index (χ2v) is 9.38. The maximum Gasteiger partial charge on any atom is 0.485 e. The van der Waals surface area contributed by atoms with Crippen LogP contribution in [-0.2, 0) is 16.7 Å². The first-order valence-corrected chi connectivity index (χ1v) is 10.2. The minimum absolute atomic E-state index is 0.311. The Morgan fingerprint density at radius 1 is 1.28 bits per heavy atom. The molecule has 0 amide bonds. The zero-order valence-electron chi connectivity index (χ0n) is 13.4. The SMILES string of the molecule is C#CC[n+]1c(C)[te]c2cc(OC)c(OC)cc21.O=S(=O)([O-])C(F)(F)F. The van der Waals surface area contributed by atoms with Gasteiger partial charge in [0.1, 0.15) is 0 Å². The van der Waals surface area contributed by atoms with Crippen LogP contribution < -0.4 is 14.0 Å². The van der Waals surface area contributed by atoms with Crippen molar-refractivity contribution in [1.82, 2.24) is 0 Å². The van der Waals surface area contributed by atoms with Crippen LogP contribution in [0.5, 0.6) is 11.5 Å². The molecule has 11 heteroatoms. The van der Waals surface area contributed by atoms with Crippen molar-refractivity contribution in [2.45, 2.75) is 19.0 Å². The number of hydrogen-bond acceptors (Lipinski definition) is 5. The maximum atomic E-state index is 10.7. The van der Waals surface area contributed by atoms with Gasteiger partial charge in [0.05, 0.1) is 0 Å². The van der Waals surface area contributed by atoms with Crippen molar-refractivity contribution < 1.29 is 40.2 Å². The van der Waals surface area contributed by atoms with Gasteiger partial charge >= 0.3 is 116 Å². The van der Waals surface area contributed by atoms with Gasteiger partial charge in [0, 0.05) is 0 Å². The Bertz CT molecular complexity index is 900. The van der Waals surface area contributed by atoms with Gasteiger partial charge < -0.3 is 4.55 Å². The largest absolute Gasteiger partial charge is 0.741 e. The molecule has 25 heavy (non-hydrogen) atoms. The van der Waals surface area contributed by atoms with E-state index in [1.165, 1.54) is 12.6 Å². The second kappa shape index (κ2) is 8.28. The average Bonchev–Trinajstić information content (AvgIpc) is 2.80. The summed E-state index contributed by atoms with van der Waals surface area (Å²) in [5.41, 5.74) is -4.46. The third-order valence-electron chi connectivity index (χ3n) is 2.93. The number of nitrogens with zero attached hydrogens (tertiary/aromatic N) is 1. The van der Waals surface area contributed by atoms with Gasteiger partial charge in [0.25, 0.3) is 0 Å². The number of hydrogen-bond donors (Lipinski definition) is 0. The van der Waals surface area contributed by atoms with E-state index >= 15 is 0 Å². The molecule has 0 aliphatic carbocycles. The third-order valence-corrected chi connectivity index (χ3v) is 6.53. The van der Waals surface area contributed by atoms with Crippen LogP contribution in [0.4, 0.5) is 13.2 Å². The van der Waals surface area contributed by atoms with Crippen LogP contribution in [0.15, 0.2) is 12.1 Å². The summed E-state index contributed by atoms with van der Waals surface area (Å²) in [4.78, 5) is 0. The van der Waals surface area contributed by atoms with Gasteiger partial charge in [-0.25, -0.2) is 8.42 Å². The fourth-order valence-electron chi connectivity index (χ4n) is 1.81. The Kier molecular flexibility index (Phi) is 7.15. The molecule has 1 aromatic carbocycles. The molecule has 0 unspecified atom stereocenters. The summed E-state index contributed by atoms with van der Waals surface area (Å²) in [6, 6.07) is 4.10. The molecule has 1 aromatic heterocycles. The molecule has 0 fully saturated rings. The standard InChI is InChI=1S/C13H14NO2Te.CHF3O3S/c1-5-6-14-9(2)17-13-8-12(16-4)11(15-3)7-10(13)14;2-1(3,4)8(5,6)7/h1,7-8H,6H2,2-4H3;(H,5,6,7)/q+1;/p-1. The molecule has 0 N–H and O–H groups in total. The van der Waals surface area contributed by atoms with Gasteiger partial charge in [-0.1, -0.05) is 0 Å². The number of aromatic nitrogens is 1. The Hall–Kier alpha value is -1.46. The molecule has 0 atom stereocenters. The summed E-state index contributed by atoms with van der Waals surface area (Å²) in [6.07, 6.45) is 5.41. The van der Waals surface area contributed by atoms with E-state index in [2.05, 4.69) is 23.5 Å². The zero-order chi connectivity index (χ0) is 19.4. The van der Waals surface area contributed by atoms with Crippen molar-refractivity contribution in [2.24, 2.45) is 0 Å². The summed E-state index contributed by atoms with van der Waals surface area (Å²) in [5, 5.41) is 0. The van der Waals surface area contributed by atoms with Crippen LogP contribution in [0, 0.1) is 19.3 Å². The van der Waals surface area contributed by atoms with E-state index in [4.69, 9.17) is 28.9 Å². The van der Waals surface area contributed by atoms with Crippen LogP contribution in [0.2, 0.25) is 0 Å². The minimum Gasteiger partial charge on any atom is -0.741 e. The van der Waals surface area contributed by atoms with E-state index in [-0.39, 0.29) is 20.4 Å². The summed E-state index contributed by atoms with van der Waals surface area (Å²) in [6.45, 7) is 2.78. The predicted molar refractivity (Wildman–Crippen MR) is 83.5 cm³/mol. The van der Waals surface area contributed by atoms with Crippen LogP contribution in [0.1, 0.15) is 3.71 Å². The second-order valence-electron chi connectivity index (χ2n) is 4.49. The minimum atomic E-state index is -6.09. The first kappa shape index (κ1) is 21.6. The monoisotopic (exact) mass is 495 g/mol. The molecule has 138 valence electrons. The number of halogens is 3. The number of terminal acetylenes is 1. The van der Waals surface area contributed by atoms with Gasteiger partial charge in [-0.05, 0) is 0 Å². The van der Waals surface area contributed by atoms with Crippen molar-refractivity contribution in [2.75, 3.05) is 14.2 Å². The molecule has 2 rings (SSSR count). The Balaban J connectivity index is 0.000000333. The van der Waals surface area contributed by atoms with Crippen molar-refractivity contribution in [1.29, 1.82) is 0 Å². The van der Waals surface area contributed by atoms with Crippen LogP contribution in [0.3, 0.4) is 0 Å². The first-order chi connectivity index (χ1) is 11.5. The molecule has 1 heterocycles. The van der Waals surface area contributed by atoms with E-state index in [1.807, 2.05) is 6.07 Å². The molecular weight excluding hydrogens is 479 g/mol. The van der Waals surface area contributed by atoms with Gasteiger partial charge in [-0.3, -0.25) is 0 Å². The normalized spacial score (nSPS) is 11.4. The predicted octanol–water partition coefficient (Wildman–Crippen LogP) is 1.19. The molecule has 0 saturated heterocycles. The number of rotatable bonds is 3. The number of fused-ring (bicyclic) bond motifs is 1. The Morgan fingerprint density at radius 3 is 2.16 bits per heavy atom. The summed E-state index contributed by atoms with van der Waals surface area (Å²) >= 11 is -0.311. The molecule has 0 aliphatic rings. The van der Waals surface area contributed by atoms with Crippen LogP contribution in [-0.4, -0.2) is 53.1 Å². The molecule has 0 aliphatic heterocycles. The quantitative estimate of drug-likeness (QED) is 0.211. The van der Waals surface area contributed by atoms with Crippen molar-refractivity contribution >= 4 is 39.5 Å². The molecular formula is C14H14F3NO5STe. The molecule has 6 nitrogen and oxygen atoms in total. The molecule has 0 radical (unpaired) electrons.